The van der Waals surface area contributed by atoms with Gasteiger partial charge in [0.05, 0.1) is 40.8 Å². The van der Waals surface area contributed by atoms with E-state index >= 15 is 0 Å². The number of non-ortho nitro benzene ring substituents is 1. The molecule has 4 rings (SSSR count). The summed E-state index contributed by atoms with van der Waals surface area (Å²) in [6, 6.07) is 19.8. The second-order valence-corrected chi connectivity index (χ2v) is 7.38. The molecule has 9 nitrogen and oxygen atoms in total. The first-order valence-corrected chi connectivity index (χ1v) is 10.4. The molecule has 0 atom stereocenters. The second kappa shape index (κ2) is 9.92. The Hall–Kier alpha value is -4.24. The highest BCUT2D eigenvalue weighted by atomic mass is 16.6. The van der Waals surface area contributed by atoms with Gasteiger partial charge in [0.15, 0.2) is 0 Å². The van der Waals surface area contributed by atoms with E-state index in [2.05, 4.69) is 10.6 Å². The predicted molar refractivity (Wildman–Crippen MR) is 125 cm³/mol. The van der Waals surface area contributed by atoms with E-state index in [0.29, 0.717) is 48.9 Å². The Morgan fingerprint density at radius 3 is 2.09 bits per heavy atom. The van der Waals surface area contributed by atoms with Crippen LogP contribution in [0.25, 0.3) is 0 Å². The highest BCUT2D eigenvalue weighted by Gasteiger charge is 2.23. The molecule has 3 aromatic rings. The van der Waals surface area contributed by atoms with E-state index in [9.17, 15) is 19.7 Å². The lowest BCUT2D eigenvalue weighted by atomic mass is 10.1. The Labute approximate surface area is 190 Å². The fourth-order valence-corrected chi connectivity index (χ4v) is 3.57. The van der Waals surface area contributed by atoms with Crippen molar-refractivity contribution in [3.05, 3.63) is 94.0 Å². The number of ether oxygens (including phenoxy) is 1. The standard InChI is InChI=1S/C24H22N4O5/c29-23(17-6-2-1-3-7-17)25-20-8-4-5-9-21(20)26-24(30)19-16-18(28(31)32)10-11-22(19)27-12-14-33-15-13-27/h1-11,16H,12-15H2,(H,25,29)(H,26,30). The van der Waals surface area contributed by atoms with Gasteiger partial charge in [-0.3, -0.25) is 19.7 Å². The Balaban J connectivity index is 1.61. The molecule has 3 aromatic carbocycles. The summed E-state index contributed by atoms with van der Waals surface area (Å²) in [6.07, 6.45) is 0. The molecule has 1 aliphatic rings. The van der Waals surface area contributed by atoms with Gasteiger partial charge < -0.3 is 20.3 Å². The molecule has 0 spiro atoms. The number of nitro groups is 1. The van der Waals surface area contributed by atoms with Crippen LogP contribution in [-0.4, -0.2) is 43.0 Å². The molecular weight excluding hydrogens is 424 g/mol. The molecule has 2 amide bonds. The molecule has 0 bridgehead atoms. The van der Waals surface area contributed by atoms with Crippen LogP contribution in [0.3, 0.4) is 0 Å². The number of amides is 2. The Bertz CT molecular complexity index is 1180. The van der Waals surface area contributed by atoms with Crippen molar-refractivity contribution in [1.82, 2.24) is 0 Å². The first-order chi connectivity index (χ1) is 16.0. The van der Waals surface area contributed by atoms with Crippen LogP contribution in [0.1, 0.15) is 20.7 Å². The summed E-state index contributed by atoms with van der Waals surface area (Å²) < 4.78 is 5.38. The number of para-hydroxylation sites is 2. The molecule has 0 aliphatic carbocycles. The number of hydrogen-bond acceptors (Lipinski definition) is 6. The Morgan fingerprint density at radius 2 is 1.45 bits per heavy atom. The average molecular weight is 446 g/mol. The molecule has 0 radical (unpaired) electrons. The average Bonchev–Trinajstić information content (AvgIpc) is 2.85. The summed E-state index contributed by atoms with van der Waals surface area (Å²) in [5.41, 5.74) is 1.86. The molecule has 1 fully saturated rings. The SMILES string of the molecule is O=C(Nc1ccccc1NC(=O)c1cc([N+](=O)[O-])ccc1N1CCOCC1)c1ccccc1. The number of carbonyl (C=O) groups is 2. The maximum atomic E-state index is 13.3. The fourth-order valence-electron chi connectivity index (χ4n) is 3.57. The van der Waals surface area contributed by atoms with E-state index in [1.54, 1.807) is 54.6 Å². The van der Waals surface area contributed by atoms with Crippen LogP contribution in [0.2, 0.25) is 0 Å². The maximum absolute atomic E-state index is 13.3. The summed E-state index contributed by atoms with van der Waals surface area (Å²) in [6.45, 7) is 2.16. The van der Waals surface area contributed by atoms with Crippen molar-refractivity contribution in [3.8, 4) is 0 Å². The number of hydrogen-bond donors (Lipinski definition) is 2. The molecule has 9 heteroatoms. The van der Waals surface area contributed by atoms with Crippen molar-refractivity contribution in [2.45, 2.75) is 0 Å². The van der Waals surface area contributed by atoms with Crippen molar-refractivity contribution in [2.24, 2.45) is 0 Å². The minimum absolute atomic E-state index is 0.176. The van der Waals surface area contributed by atoms with Gasteiger partial charge in [0.1, 0.15) is 0 Å². The van der Waals surface area contributed by atoms with Gasteiger partial charge in [0.25, 0.3) is 17.5 Å². The van der Waals surface area contributed by atoms with Crippen molar-refractivity contribution >= 4 is 34.6 Å². The van der Waals surface area contributed by atoms with Gasteiger partial charge in [0.2, 0.25) is 0 Å². The predicted octanol–water partition coefficient (Wildman–Crippen LogP) is 3.94. The van der Waals surface area contributed by atoms with Crippen molar-refractivity contribution in [1.29, 1.82) is 0 Å². The van der Waals surface area contributed by atoms with Gasteiger partial charge in [-0.1, -0.05) is 30.3 Å². The lowest BCUT2D eigenvalue weighted by molar-refractivity contribution is -0.384. The fraction of sp³-hybridized carbons (Fsp3) is 0.167. The smallest absolute Gasteiger partial charge is 0.270 e. The number of nitro benzene ring substituents is 1. The first kappa shape index (κ1) is 22.0. The van der Waals surface area contributed by atoms with Crippen LogP contribution >= 0.6 is 0 Å². The van der Waals surface area contributed by atoms with Gasteiger partial charge in [-0.15, -0.1) is 0 Å². The van der Waals surface area contributed by atoms with Crippen LogP contribution in [-0.2, 0) is 4.74 Å². The number of benzene rings is 3. The summed E-state index contributed by atoms with van der Waals surface area (Å²) in [5.74, 6) is -0.830. The molecular formula is C24H22N4O5. The summed E-state index contributed by atoms with van der Waals surface area (Å²) >= 11 is 0. The van der Waals surface area contributed by atoms with Crippen molar-refractivity contribution in [2.75, 3.05) is 41.8 Å². The monoisotopic (exact) mass is 446 g/mol. The molecule has 2 N–H and O–H groups in total. The normalized spacial score (nSPS) is 13.3. The van der Waals surface area contributed by atoms with Crippen LogP contribution in [0.4, 0.5) is 22.7 Å². The minimum atomic E-state index is -0.534. The summed E-state index contributed by atoms with van der Waals surface area (Å²) in [7, 11) is 0. The van der Waals surface area contributed by atoms with Gasteiger partial charge in [-0.2, -0.15) is 0 Å². The second-order valence-electron chi connectivity index (χ2n) is 7.38. The number of anilines is 3. The zero-order valence-electron chi connectivity index (χ0n) is 17.7. The zero-order valence-corrected chi connectivity index (χ0v) is 17.7. The number of nitrogens with one attached hydrogen (secondary N) is 2. The molecule has 168 valence electrons. The van der Waals surface area contributed by atoms with Crippen LogP contribution in [0, 0.1) is 10.1 Å². The van der Waals surface area contributed by atoms with E-state index in [4.69, 9.17) is 4.74 Å². The Morgan fingerprint density at radius 1 is 0.848 bits per heavy atom. The lowest BCUT2D eigenvalue weighted by Crippen LogP contribution is -2.37. The third-order valence-electron chi connectivity index (χ3n) is 5.25. The minimum Gasteiger partial charge on any atom is -0.378 e. The zero-order chi connectivity index (χ0) is 23.2. The van der Waals surface area contributed by atoms with Gasteiger partial charge in [-0.25, -0.2) is 0 Å². The highest BCUT2D eigenvalue weighted by molar-refractivity contribution is 6.12. The number of morpholine rings is 1. The van der Waals surface area contributed by atoms with E-state index in [-0.39, 0.29) is 17.2 Å². The molecule has 1 aliphatic heterocycles. The summed E-state index contributed by atoms with van der Waals surface area (Å²) in [4.78, 5) is 38.6. The summed E-state index contributed by atoms with van der Waals surface area (Å²) in [5, 5.41) is 16.9. The molecule has 0 unspecified atom stereocenters. The molecule has 1 saturated heterocycles. The van der Waals surface area contributed by atoms with E-state index in [1.807, 2.05) is 11.0 Å². The maximum Gasteiger partial charge on any atom is 0.270 e. The van der Waals surface area contributed by atoms with Crippen LogP contribution in [0.5, 0.6) is 0 Å². The van der Waals surface area contributed by atoms with Gasteiger partial charge >= 0.3 is 0 Å². The van der Waals surface area contributed by atoms with E-state index < -0.39 is 10.8 Å². The lowest BCUT2D eigenvalue weighted by Gasteiger charge is -2.30. The molecule has 0 saturated carbocycles. The quantitative estimate of drug-likeness (QED) is 0.438. The Kier molecular flexibility index (Phi) is 6.61. The third kappa shape index (κ3) is 5.16. The van der Waals surface area contributed by atoms with Gasteiger partial charge in [-0.05, 0) is 30.3 Å². The third-order valence-corrected chi connectivity index (χ3v) is 5.25. The number of rotatable bonds is 6. The van der Waals surface area contributed by atoms with E-state index in [1.165, 1.54) is 12.1 Å². The van der Waals surface area contributed by atoms with Crippen molar-refractivity contribution in [3.63, 3.8) is 0 Å². The van der Waals surface area contributed by atoms with Crippen LogP contribution < -0.4 is 15.5 Å². The van der Waals surface area contributed by atoms with E-state index in [0.717, 1.165) is 0 Å². The molecule has 0 aromatic heterocycles. The van der Waals surface area contributed by atoms with Crippen molar-refractivity contribution < 1.29 is 19.2 Å². The molecule has 33 heavy (non-hydrogen) atoms. The largest absolute Gasteiger partial charge is 0.378 e. The number of carbonyl (C=O) groups excluding carboxylic acids is 2. The number of nitrogens with zero attached hydrogens (tertiary/aromatic N) is 2. The van der Waals surface area contributed by atoms with Crippen LogP contribution in [0.15, 0.2) is 72.8 Å². The topological polar surface area (TPSA) is 114 Å². The van der Waals surface area contributed by atoms with Gasteiger partial charge in [0, 0.05) is 30.8 Å². The highest BCUT2D eigenvalue weighted by Crippen LogP contribution is 2.29. The molecule has 1 heterocycles. The first-order valence-electron chi connectivity index (χ1n) is 10.4.